The molecular weight excluding hydrogens is 318 g/mol. The van der Waals surface area contributed by atoms with Gasteiger partial charge in [0, 0.05) is 43.6 Å². The van der Waals surface area contributed by atoms with Crippen molar-refractivity contribution < 1.29 is 9.53 Å². The number of Topliss-reactive ketones (excluding diaryl/α,β-unsaturated/α-hetero) is 1. The highest BCUT2D eigenvalue weighted by molar-refractivity contribution is 5.94. The van der Waals surface area contributed by atoms with E-state index in [-0.39, 0.29) is 5.78 Å². The number of ether oxygens (including phenoxy) is 1. The van der Waals surface area contributed by atoms with Crippen LogP contribution in [0.5, 0.6) is 0 Å². The third kappa shape index (κ3) is 5.23. The van der Waals surface area contributed by atoms with Crippen LogP contribution in [0.3, 0.4) is 0 Å². The average molecular weight is 341 g/mol. The standard InChI is InChI=1S/C18H23N5O2/c1-14(24)15-2-4-16(5-3-15)21-18-20-7-6-17(22-18)19-8-9-23-10-12-25-13-11-23/h2-7H,8-13H2,1H3,(H2,19,20,21,22). The predicted octanol–water partition coefficient (Wildman–Crippen LogP) is 2.17. The van der Waals surface area contributed by atoms with Crippen molar-refractivity contribution in [2.75, 3.05) is 50.0 Å². The zero-order chi connectivity index (χ0) is 17.5. The van der Waals surface area contributed by atoms with Crippen LogP contribution in [0.25, 0.3) is 0 Å². The first-order valence-electron chi connectivity index (χ1n) is 8.46. The Kier molecular flexibility index (Phi) is 5.92. The molecule has 1 aromatic carbocycles. The number of anilines is 3. The molecule has 7 heteroatoms. The Balaban J connectivity index is 1.52. The lowest BCUT2D eigenvalue weighted by molar-refractivity contribution is 0.0398. The van der Waals surface area contributed by atoms with Gasteiger partial charge < -0.3 is 15.4 Å². The second kappa shape index (κ2) is 8.55. The summed E-state index contributed by atoms with van der Waals surface area (Å²) in [6.45, 7) is 6.92. The van der Waals surface area contributed by atoms with Crippen LogP contribution in [0.2, 0.25) is 0 Å². The van der Waals surface area contributed by atoms with E-state index in [0.29, 0.717) is 11.5 Å². The summed E-state index contributed by atoms with van der Waals surface area (Å²) in [7, 11) is 0. The summed E-state index contributed by atoms with van der Waals surface area (Å²) in [6, 6.07) is 9.12. The fourth-order valence-corrected chi connectivity index (χ4v) is 2.60. The first-order valence-corrected chi connectivity index (χ1v) is 8.46. The molecule has 1 aromatic heterocycles. The summed E-state index contributed by atoms with van der Waals surface area (Å²) < 4.78 is 5.35. The smallest absolute Gasteiger partial charge is 0.229 e. The normalized spacial score (nSPS) is 14.9. The molecule has 1 fully saturated rings. The van der Waals surface area contributed by atoms with Crippen molar-refractivity contribution >= 4 is 23.2 Å². The zero-order valence-electron chi connectivity index (χ0n) is 14.4. The van der Waals surface area contributed by atoms with Gasteiger partial charge in [0.25, 0.3) is 0 Å². The van der Waals surface area contributed by atoms with Crippen LogP contribution in [-0.4, -0.2) is 60.0 Å². The molecule has 25 heavy (non-hydrogen) atoms. The first-order chi connectivity index (χ1) is 12.2. The molecule has 0 atom stereocenters. The monoisotopic (exact) mass is 341 g/mol. The maximum Gasteiger partial charge on any atom is 0.229 e. The van der Waals surface area contributed by atoms with Gasteiger partial charge in [-0.1, -0.05) is 0 Å². The molecule has 1 aliphatic rings. The van der Waals surface area contributed by atoms with Gasteiger partial charge in [-0.3, -0.25) is 9.69 Å². The molecule has 0 aliphatic carbocycles. The Morgan fingerprint density at radius 2 is 1.96 bits per heavy atom. The minimum Gasteiger partial charge on any atom is -0.379 e. The number of hydrogen-bond donors (Lipinski definition) is 2. The quantitative estimate of drug-likeness (QED) is 0.747. The Morgan fingerprint density at radius 1 is 1.20 bits per heavy atom. The van der Waals surface area contributed by atoms with Crippen molar-refractivity contribution in [3.05, 3.63) is 42.1 Å². The van der Waals surface area contributed by atoms with E-state index in [1.54, 1.807) is 25.3 Å². The van der Waals surface area contributed by atoms with Gasteiger partial charge in [0.05, 0.1) is 13.2 Å². The Morgan fingerprint density at radius 3 is 2.68 bits per heavy atom. The molecule has 0 bridgehead atoms. The lowest BCUT2D eigenvalue weighted by atomic mass is 10.1. The summed E-state index contributed by atoms with van der Waals surface area (Å²) in [5.41, 5.74) is 1.53. The van der Waals surface area contributed by atoms with Gasteiger partial charge >= 0.3 is 0 Å². The summed E-state index contributed by atoms with van der Waals surface area (Å²) in [4.78, 5) is 22.4. The van der Waals surface area contributed by atoms with Crippen LogP contribution in [0.4, 0.5) is 17.5 Å². The van der Waals surface area contributed by atoms with Crippen molar-refractivity contribution in [2.24, 2.45) is 0 Å². The number of nitrogens with zero attached hydrogens (tertiary/aromatic N) is 3. The summed E-state index contributed by atoms with van der Waals surface area (Å²) >= 11 is 0. The topological polar surface area (TPSA) is 79.4 Å². The van der Waals surface area contributed by atoms with Gasteiger partial charge in [0.1, 0.15) is 5.82 Å². The second-order valence-electron chi connectivity index (χ2n) is 5.90. The van der Waals surface area contributed by atoms with Crippen LogP contribution in [0.1, 0.15) is 17.3 Å². The average Bonchev–Trinajstić information content (AvgIpc) is 2.63. The Bertz CT molecular complexity index is 699. The molecule has 2 N–H and O–H groups in total. The molecule has 2 heterocycles. The molecule has 0 amide bonds. The van der Waals surface area contributed by atoms with Crippen molar-refractivity contribution in [3.8, 4) is 0 Å². The second-order valence-corrected chi connectivity index (χ2v) is 5.90. The lowest BCUT2D eigenvalue weighted by Gasteiger charge is -2.26. The van der Waals surface area contributed by atoms with Crippen LogP contribution >= 0.6 is 0 Å². The highest BCUT2D eigenvalue weighted by Gasteiger charge is 2.09. The molecule has 1 aliphatic heterocycles. The van der Waals surface area contributed by atoms with Crippen molar-refractivity contribution in [3.63, 3.8) is 0 Å². The van der Waals surface area contributed by atoms with E-state index in [2.05, 4.69) is 25.5 Å². The maximum atomic E-state index is 11.3. The SMILES string of the molecule is CC(=O)c1ccc(Nc2nccc(NCCN3CCOCC3)n2)cc1. The van der Waals surface area contributed by atoms with Gasteiger partial charge in [-0.15, -0.1) is 0 Å². The third-order valence-corrected chi connectivity index (χ3v) is 4.04. The van der Waals surface area contributed by atoms with E-state index < -0.39 is 0 Å². The molecule has 132 valence electrons. The molecule has 0 unspecified atom stereocenters. The molecule has 0 spiro atoms. The summed E-state index contributed by atoms with van der Waals surface area (Å²) in [5.74, 6) is 1.35. The van der Waals surface area contributed by atoms with Crippen LogP contribution in [-0.2, 0) is 4.74 Å². The maximum absolute atomic E-state index is 11.3. The van der Waals surface area contributed by atoms with E-state index in [0.717, 1.165) is 50.9 Å². The number of aromatic nitrogens is 2. The number of ketones is 1. The molecule has 1 saturated heterocycles. The third-order valence-electron chi connectivity index (χ3n) is 4.04. The highest BCUT2D eigenvalue weighted by atomic mass is 16.5. The lowest BCUT2D eigenvalue weighted by Crippen LogP contribution is -2.39. The van der Waals surface area contributed by atoms with Gasteiger partial charge in [-0.05, 0) is 37.3 Å². The molecule has 0 radical (unpaired) electrons. The Labute approximate surface area is 147 Å². The molecule has 3 rings (SSSR count). The van der Waals surface area contributed by atoms with E-state index in [9.17, 15) is 4.79 Å². The minimum absolute atomic E-state index is 0.0502. The first kappa shape index (κ1) is 17.3. The predicted molar refractivity (Wildman–Crippen MR) is 97.5 cm³/mol. The van der Waals surface area contributed by atoms with Gasteiger partial charge in [-0.25, -0.2) is 4.98 Å². The van der Waals surface area contributed by atoms with Gasteiger partial charge in [-0.2, -0.15) is 4.98 Å². The summed E-state index contributed by atoms with van der Waals surface area (Å²) in [5, 5.41) is 6.47. The van der Waals surface area contributed by atoms with Crippen LogP contribution < -0.4 is 10.6 Å². The van der Waals surface area contributed by atoms with Crippen molar-refractivity contribution in [1.82, 2.24) is 14.9 Å². The number of morpholine rings is 1. The number of rotatable bonds is 7. The molecule has 7 nitrogen and oxygen atoms in total. The molecule has 2 aromatic rings. The molecule has 0 saturated carbocycles. The zero-order valence-corrected chi connectivity index (χ0v) is 14.4. The van der Waals surface area contributed by atoms with Gasteiger partial charge in [0.15, 0.2) is 5.78 Å². The largest absolute Gasteiger partial charge is 0.379 e. The van der Waals surface area contributed by atoms with Crippen LogP contribution in [0, 0.1) is 0 Å². The fraction of sp³-hybridized carbons (Fsp3) is 0.389. The van der Waals surface area contributed by atoms with E-state index in [4.69, 9.17) is 4.74 Å². The number of hydrogen-bond acceptors (Lipinski definition) is 7. The molecular formula is C18H23N5O2. The number of carbonyl (C=O) groups excluding carboxylic acids is 1. The van der Waals surface area contributed by atoms with Crippen molar-refractivity contribution in [1.29, 1.82) is 0 Å². The number of benzene rings is 1. The fourth-order valence-electron chi connectivity index (χ4n) is 2.60. The van der Waals surface area contributed by atoms with Crippen LogP contribution in [0.15, 0.2) is 36.5 Å². The summed E-state index contributed by atoms with van der Waals surface area (Å²) in [6.07, 6.45) is 1.72. The van der Waals surface area contributed by atoms with E-state index in [1.165, 1.54) is 0 Å². The number of carbonyl (C=O) groups is 1. The highest BCUT2D eigenvalue weighted by Crippen LogP contribution is 2.15. The van der Waals surface area contributed by atoms with E-state index >= 15 is 0 Å². The minimum atomic E-state index is 0.0502. The van der Waals surface area contributed by atoms with Gasteiger partial charge in [0.2, 0.25) is 5.95 Å². The number of nitrogens with one attached hydrogen (secondary N) is 2. The Hall–Kier alpha value is -2.51. The van der Waals surface area contributed by atoms with E-state index in [1.807, 2.05) is 18.2 Å². The van der Waals surface area contributed by atoms with Crippen molar-refractivity contribution in [2.45, 2.75) is 6.92 Å².